The van der Waals surface area contributed by atoms with E-state index < -0.39 is 21.7 Å². The summed E-state index contributed by atoms with van der Waals surface area (Å²) in [6, 6.07) is 12.0. The molecule has 2 aromatic rings. The number of nitrogens with zero attached hydrogens (tertiary/aromatic N) is 2. The number of carbonyl (C=O) groups is 1. The number of hydrazone groups is 1. The smallest absolute Gasteiger partial charge is 0.271 e. The fourth-order valence-corrected chi connectivity index (χ4v) is 2.32. The highest BCUT2D eigenvalue weighted by atomic mass is 32.2. The third-order valence-electron chi connectivity index (χ3n) is 3.27. The molecule has 0 spiro atoms. The molecule has 0 saturated heterocycles. The summed E-state index contributed by atoms with van der Waals surface area (Å²) in [5, 5.41) is 3.70. The minimum atomic E-state index is -3.36. The van der Waals surface area contributed by atoms with E-state index in [4.69, 9.17) is 0 Å². The molecule has 0 atom stereocenters. The van der Waals surface area contributed by atoms with Gasteiger partial charge in [0, 0.05) is 18.2 Å². The van der Waals surface area contributed by atoms with Crippen LogP contribution in [0, 0.1) is 5.82 Å². The van der Waals surface area contributed by atoms with E-state index in [9.17, 15) is 17.6 Å². The second-order valence-electron chi connectivity index (χ2n) is 5.00. The third kappa shape index (κ3) is 4.39. The van der Waals surface area contributed by atoms with Crippen molar-refractivity contribution >= 4 is 27.8 Å². The van der Waals surface area contributed by atoms with Crippen LogP contribution in [-0.2, 0) is 10.0 Å². The highest BCUT2D eigenvalue weighted by Gasteiger charge is 2.12. The molecule has 2 aromatic carbocycles. The molecule has 0 fully saturated rings. The number of rotatable bonds is 5. The van der Waals surface area contributed by atoms with E-state index in [0.29, 0.717) is 11.3 Å². The molecule has 0 heterocycles. The van der Waals surface area contributed by atoms with Gasteiger partial charge in [-0.15, -0.1) is 0 Å². The largest absolute Gasteiger partial charge is 0.274 e. The number of hydrogen-bond donors (Lipinski definition) is 1. The van der Waals surface area contributed by atoms with E-state index in [1.165, 1.54) is 49.7 Å². The Bertz CT molecular complexity index is 864. The Labute approximate surface area is 139 Å². The molecule has 24 heavy (non-hydrogen) atoms. The van der Waals surface area contributed by atoms with E-state index in [1.807, 2.05) is 0 Å². The quantitative estimate of drug-likeness (QED) is 0.662. The lowest BCUT2D eigenvalue weighted by Gasteiger charge is -2.16. The van der Waals surface area contributed by atoms with Crippen LogP contribution in [0.1, 0.15) is 15.9 Å². The van der Waals surface area contributed by atoms with Gasteiger partial charge in [-0.05, 0) is 30.3 Å². The number of anilines is 1. The summed E-state index contributed by atoms with van der Waals surface area (Å²) in [6.07, 6.45) is 2.30. The first-order chi connectivity index (χ1) is 11.3. The summed E-state index contributed by atoms with van der Waals surface area (Å²) in [4.78, 5) is 11.9. The van der Waals surface area contributed by atoms with Crippen molar-refractivity contribution in [3.05, 3.63) is 65.5 Å². The second-order valence-corrected chi connectivity index (χ2v) is 7.01. The Morgan fingerprint density at radius 3 is 2.38 bits per heavy atom. The SMILES string of the molecule is CN(c1ccc(C(=O)N/N=C\c2ccccc2F)cc1)S(C)(=O)=O. The minimum absolute atomic E-state index is 0.253. The van der Waals surface area contributed by atoms with Gasteiger partial charge < -0.3 is 0 Å². The summed E-state index contributed by atoms with van der Waals surface area (Å²) in [5.41, 5.74) is 3.27. The van der Waals surface area contributed by atoms with Gasteiger partial charge in [-0.3, -0.25) is 9.10 Å². The van der Waals surface area contributed by atoms with Crippen molar-refractivity contribution in [2.75, 3.05) is 17.6 Å². The van der Waals surface area contributed by atoms with Gasteiger partial charge in [0.05, 0.1) is 18.2 Å². The molecule has 0 bridgehead atoms. The molecule has 0 unspecified atom stereocenters. The summed E-state index contributed by atoms with van der Waals surface area (Å²) in [7, 11) is -1.94. The maximum Gasteiger partial charge on any atom is 0.271 e. The fourth-order valence-electron chi connectivity index (χ4n) is 1.82. The third-order valence-corrected chi connectivity index (χ3v) is 4.47. The molecule has 1 N–H and O–H groups in total. The summed E-state index contributed by atoms with van der Waals surface area (Å²) in [5.74, 6) is -0.931. The zero-order chi connectivity index (χ0) is 17.7. The van der Waals surface area contributed by atoms with Crippen molar-refractivity contribution in [3.8, 4) is 0 Å². The zero-order valence-electron chi connectivity index (χ0n) is 13.1. The van der Waals surface area contributed by atoms with E-state index in [0.717, 1.165) is 10.6 Å². The number of benzene rings is 2. The Balaban J connectivity index is 2.04. The van der Waals surface area contributed by atoms with Gasteiger partial charge in [0.25, 0.3) is 5.91 Å². The average Bonchev–Trinajstić information content (AvgIpc) is 2.55. The monoisotopic (exact) mass is 349 g/mol. The van der Waals surface area contributed by atoms with E-state index in [2.05, 4.69) is 10.5 Å². The van der Waals surface area contributed by atoms with E-state index >= 15 is 0 Å². The molecule has 2 rings (SSSR count). The van der Waals surface area contributed by atoms with Crippen LogP contribution in [0.3, 0.4) is 0 Å². The number of sulfonamides is 1. The molecular formula is C16H16FN3O3S. The summed E-state index contributed by atoms with van der Waals surface area (Å²) < 4.78 is 37.4. The standard InChI is InChI=1S/C16H16FN3O3S/c1-20(24(2,22)23)14-9-7-12(8-10-14)16(21)19-18-11-13-5-3-4-6-15(13)17/h3-11H,1-2H3,(H,19,21)/b18-11-. The molecule has 0 aliphatic carbocycles. The predicted octanol–water partition coefficient (Wildman–Crippen LogP) is 1.99. The number of amides is 1. The van der Waals surface area contributed by atoms with Crippen LogP contribution in [0.5, 0.6) is 0 Å². The Kier molecular flexibility index (Phi) is 5.30. The highest BCUT2D eigenvalue weighted by molar-refractivity contribution is 7.92. The molecule has 8 heteroatoms. The van der Waals surface area contributed by atoms with Crippen molar-refractivity contribution in [2.45, 2.75) is 0 Å². The maximum absolute atomic E-state index is 13.4. The minimum Gasteiger partial charge on any atom is -0.274 e. The Morgan fingerprint density at radius 1 is 1.17 bits per heavy atom. The normalized spacial score (nSPS) is 11.5. The van der Waals surface area contributed by atoms with Crippen LogP contribution >= 0.6 is 0 Å². The highest BCUT2D eigenvalue weighted by Crippen LogP contribution is 2.16. The molecule has 0 radical (unpaired) electrons. The van der Waals surface area contributed by atoms with Gasteiger partial charge in [0.2, 0.25) is 10.0 Å². The van der Waals surface area contributed by atoms with Gasteiger partial charge in [-0.2, -0.15) is 5.10 Å². The van der Waals surface area contributed by atoms with Crippen LogP contribution < -0.4 is 9.73 Å². The molecule has 6 nitrogen and oxygen atoms in total. The molecular weight excluding hydrogens is 333 g/mol. The summed E-state index contributed by atoms with van der Waals surface area (Å²) >= 11 is 0. The first kappa shape index (κ1) is 17.6. The maximum atomic E-state index is 13.4. The van der Waals surface area contributed by atoms with Crippen LogP contribution in [-0.4, -0.2) is 33.8 Å². The zero-order valence-corrected chi connectivity index (χ0v) is 13.9. The van der Waals surface area contributed by atoms with Gasteiger partial charge in [-0.1, -0.05) is 18.2 Å². The topological polar surface area (TPSA) is 78.8 Å². The van der Waals surface area contributed by atoms with E-state index in [1.54, 1.807) is 12.1 Å². The number of halogens is 1. The van der Waals surface area contributed by atoms with Crippen molar-refractivity contribution in [2.24, 2.45) is 5.10 Å². The molecule has 126 valence electrons. The molecule has 0 aromatic heterocycles. The van der Waals surface area contributed by atoms with Crippen LogP contribution in [0.15, 0.2) is 53.6 Å². The van der Waals surface area contributed by atoms with Gasteiger partial charge in [0.15, 0.2) is 0 Å². The lowest BCUT2D eigenvalue weighted by Crippen LogP contribution is -2.25. The van der Waals surface area contributed by atoms with Crippen LogP contribution in [0.2, 0.25) is 0 Å². The first-order valence-corrected chi connectivity index (χ1v) is 8.76. The van der Waals surface area contributed by atoms with E-state index in [-0.39, 0.29) is 5.56 Å². The Morgan fingerprint density at radius 2 is 1.79 bits per heavy atom. The van der Waals surface area contributed by atoms with Crippen LogP contribution in [0.4, 0.5) is 10.1 Å². The number of hydrogen-bond acceptors (Lipinski definition) is 4. The predicted molar refractivity (Wildman–Crippen MR) is 91.1 cm³/mol. The molecule has 0 aliphatic rings. The Hall–Kier alpha value is -2.74. The molecule has 0 aliphatic heterocycles. The van der Waals surface area contributed by atoms with Gasteiger partial charge in [-0.25, -0.2) is 18.2 Å². The fraction of sp³-hybridized carbons (Fsp3) is 0.125. The van der Waals surface area contributed by atoms with Crippen molar-refractivity contribution < 1.29 is 17.6 Å². The second kappa shape index (κ2) is 7.22. The van der Waals surface area contributed by atoms with Crippen molar-refractivity contribution in [1.82, 2.24) is 5.43 Å². The number of nitrogens with one attached hydrogen (secondary N) is 1. The average molecular weight is 349 g/mol. The van der Waals surface area contributed by atoms with Gasteiger partial charge in [0.1, 0.15) is 5.82 Å². The van der Waals surface area contributed by atoms with Crippen molar-refractivity contribution in [3.63, 3.8) is 0 Å². The van der Waals surface area contributed by atoms with Crippen molar-refractivity contribution in [1.29, 1.82) is 0 Å². The lowest BCUT2D eigenvalue weighted by molar-refractivity contribution is 0.0955. The summed E-state index contributed by atoms with van der Waals surface area (Å²) in [6.45, 7) is 0. The molecule has 0 saturated carbocycles. The lowest BCUT2D eigenvalue weighted by atomic mass is 10.2. The number of carbonyl (C=O) groups excluding carboxylic acids is 1. The van der Waals surface area contributed by atoms with Gasteiger partial charge >= 0.3 is 0 Å². The van der Waals surface area contributed by atoms with Crippen LogP contribution in [0.25, 0.3) is 0 Å². The molecule has 1 amide bonds. The first-order valence-electron chi connectivity index (χ1n) is 6.91.